The first kappa shape index (κ1) is 19.2. The van der Waals surface area contributed by atoms with Crippen LogP contribution in [0.5, 0.6) is 0 Å². The smallest absolute Gasteiger partial charge is 0.251 e. The Morgan fingerprint density at radius 2 is 1.96 bits per heavy atom. The summed E-state index contributed by atoms with van der Waals surface area (Å²) in [4.78, 5) is 12.2. The summed E-state index contributed by atoms with van der Waals surface area (Å²) in [5, 5.41) is 2.69. The molecule has 0 radical (unpaired) electrons. The number of benzene rings is 1. The highest BCUT2D eigenvalue weighted by atomic mass is 32.2. The van der Waals surface area contributed by atoms with Gasteiger partial charge >= 0.3 is 0 Å². The van der Waals surface area contributed by atoms with Crippen molar-refractivity contribution in [1.29, 1.82) is 0 Å². The van der Waals surface area contributed by atoms with Crippen molar-refractivity contribution >= 4 is 15.9 Å². The van der Waals surface area contributed by atoms with E-state index in [4.69, 9.17) is 14.2 Å². The van der Waals surface area contributed by atoms with Gasteiger partial charge in [-0.25, -0.2) is 8.42 Å². The number of rotatable bonds is 6. The molecule has 26 heavy (non-hydrogen) atoms. The molecule has 8 nitrogen and oxygen atoms in total. The summed E-state index contributed by atoms with van der Waals surface area (Å²) in [7, 11) is -2.13. The van der Waals surface area contributed by atoms with E-state index in [2.05, 4.69) is 5.32 Å². The van der Waals surface area contributed by atoms with Crippen LogP contribution in [0.15, 0.2) is 29.2 Å². The van der Waals surface area contributed by atoms with E-state index in [1.54, 1.807) is 19.2 Å². The van der Waals surface area contributed by atoms with Gasteiger partial charge in [-0.05, 0) is 18.2 Å². The summed E-state index contributed by atoms with van der Waals surface area (Å²) in [6.45, 7) is 2.50. The summed E-state index contributed by atoms with van der Waals surface area (Å²) in [6, 6.07) is 6.08. The predicted molar refractivity (Wildman–Crippen MR) is 93.3 cm³/mol. The number of amides is 1. The quantitative estimate of drug-likeness (QED) is 0.722. The molecular formula is C17H24N2O6S. The van der Waals surface area contributed by atoms with Crippen molar-refractivity contribution in [3.63, 3.8) is 0 Å². The third-order valence-corrected chi connectivity index (χ3v) is 6.52. The number of nitrogens with one attached hydrogen (secondary N) is 1. The molecule has 2 heterocycles. The van der Waals surface area contributed by atoms with Crippen LogP contribution in [0.2, 0.25) is 0 Å². The molecule has 1 aromatic carbocycles. The topological polar surface area (TPSA) is 94.2 Å². The third kappa shape index (κ3) is 4.07. The lowest BCUT2D eigenvalue weighted by Crippen LogP contribution is -2.47. The summed E-state index contributed by atoms with van der Waals surface area (Å²) < 4.78 is 43.4. The second-order valence-corrected chi connectivity index (χ2v) is 8.23. The molecule has 0 bridgehead atoms. The van der Waals surface area contributed by atoms with Gasteiger partial charge in [0.15, 0.2) is 5.79 Å². The number of piperidine rings is 1. The Morgan fingerprint density at radius 1 is 1.27 bits per heavy atom. The Hall–Kier alpha value is -1.52. The van der Waals surface area contributed by atoms with E-state index < -0.39 is 15.8 Å². The van der Waals surface area contributed by atoms with Crippen molar-refractivity contribution in [2.75, 3.05) is 46.6 Å². The molecule has 1 N–H and O–H groups in total. The summed E-state index contributed by atoms with van der Waals surface area (Å²) in [6.07, 6.45) is 1.01. The van der Waals surface area contributed by atoms with Crippen LogP contribution >= 0.6 is 0 Å². The van der Waals surface area contributed by atoms with E-state index >= 15 is 0 Å². The molecule has 1 aromatic rings. The van der Waals surface area contributed by atoms with Crippen molar-refractivity contribution in [1.82, 2.24) is 9.62 Å². The van der Waals surface area contributed by atoms with E-state index in [0.29, 0.717) is 57.9 Å². The number of methoxy groups -OCH3 is 1. The van der Waals surface area contributed by atoms with Crippen LogP contribution in [0.3, 0.4) is 0 Å². The van der Waals surface area contributed by atoms with Gasteiger partial charge in [0, 0.05) is 45.1 Å². The number of carbonyl (C=O) groups excluding carboxylic acids is 1. The van der Waals surface area contributed by atoms with E-state index in [0.717, 1.165) is 0 Å². The lowest BCUT2D eigenvalue weighted by molar-refractivity contribution is -0.179. The number of nitrogens with zero attached hydrogens (tertiary/aromatic N) is 1. The van der Waals surface area contributed by atoms with E-state index in [-0.39, 0.29) is 10.8 Å². The second-order valence-electron chi connectivity index (χ2n) is 6.29. The zero-order chi connectivity index (χ0) is 18.6. The summed E-state index contributed by atoms with van der Waals surface area (Å²) in [5.41, 5.74) is 0.304. The predicted octanol–water partition coefficient (Wildman–Crippen LogP) is 0.590. The van der Waals surface area contributed by atoms with Gasteiger partial charge in [-0.2, -0.15) is 4.31 Å². The van der Waals surface area contributed by atoms with Gasteiger partial charge in [0.25, 0.3) is 5.91 Å². The van der Waals surface area contributed by atoms with Crippen molar-refractivity contribution in [3.8, 4) is 0 Å². The fourth-order valence-electron chi connectivity index (χ4n) is 3.17. The first-order valence-corrected chi connectivity index (χ1v) is 10.1. The maximum absolute atomic E-state index is 12.9. The number of hydrogen-bond donors (Lipinski definition) is 1. The molecule has 2 fully saturated rings. The molecule has 2 aliphatic rings. The Morgan fingerprint density at radius 3 is 2.62 bits per heavy atom. The van der Waals surface area contributed by atoms with Crippen LogP contribution in [-0.2, 0) is 24.2 Å². The monoisotopic (exact) mass is 384 g/mol. The molecule has 2 aliphatic heterocycles. The minimum Gasteiger partial charge on any atom is -0.383 e. The lowest BCUT2D eigenvalue weighted by Gasteiger charge is -2.36. The van der Waals surface area contributed by atoms with E-state index in [1.165, 1.54) is 16.4 Å². The first-order valence-electron chi connectivity index (χ1n) is 8.62. The molecule has 1 amide bonds. The lowest BCUT2D eigenvalue weighted by atomic mass is 10.1. The molecule has 2 saturated heterocycles. The minimum absolute atomic E-state index is 0.112. The van der Waals surface area contributed by atoms with Crippen LogP contribution < -0.4 is 5.32 Å². The third-order valence-electron chi connectivity index (χ3n) is 4.62. The van der Waals surface area contributed by atoms with Gasteiger partial charge in [0.05, 0.1) is 24.7 Å². The summed E-state index contributed by atoms with van der Waals surface area (Å²) in [5.74, 6) is -0.959. The number of carbonyl (C=O) groups is 1. The highest BCUT2D eigenvalue weighted by Gasteiger charge is 2.42. The van der Waals surface area contributed by atoms with Gasteiger partial charge in [0.1, 0.15) is 0 Å². The standard InChI is InChI=1S/C17H24N2O6S/c1-23-10-7-18-16(20)14-3-2-4-15(13-14)26(21,22)19-8-5-17(6-9-19)24-11-12-25-17/h2-4,13H,5-12H2,1H3,(H,18,20). The van der Waals surface area contributed by atoms with Gasteiger partial charge < -0.3 is 19.5 Å². The molecule has 3 rings (SSSR count). The molecular weight excluding hydrogens is 360 g/mol. The average Bonchev–Trinajstić information content (AvgIpc) is 3.10. The van der Waals surface area contributed by atoms with Crippen LogP contribution in [0.1, 0.15) is 23.2 Å². The van der Waals surface area contributed by atoms with Gasteiger partial charge in [-0.1, -0.05) is 6.07 Å². The van der Waals surface area contributed by atoms with Gasteiger partial charge in [0.2, 0.25) is 10.0 Å². The maximum atomic E-state index is 12.9. The number of ether oxygens (including phenoxy) is 3. The number of hydrogen-bond acceptors (Lipinski definition) is 6. The van der Waals surface area contributed by atoms with Crippen molar-refractivity contribution in [2.45, 2.75) is 23.5 Å². The second kappa shape index (κ2) is 8.01. The van der Waals surface area contributed by atoms with E-state index in [9.17, 15) is 13.2 Å². The van der Waals surface area contributed by atoms with Crippen LogP contribution in [0.25, 0.3) is 0 Å². The van der Waals surface area contributed by atoms with Crippen LogP contribution in [0.4, 0.5) is 0 Å². The average molecular weight is 384 g/mol. The molecule has 0 aliphatic carbocycles. The van der Waals surface area contributed by atoms with Crippen LogP contribution in [-0.4, -0.2) is 71.0 Å². The Kier molecular flexibility index (Phi) is 5.93. The van der Waals surface area contributed by atoms with Crippen molar-refractivity contribution in [2.24, 2.45) is 0 Å². The zero-order valence-electron chi connectivity index (χ0n) is 14.8. The molecule has 0 aromatic heterocycles. The largest absolute Gasteiger partial charge is 0.383 e. The molecule has 0 atom stereocenters. The van der Waals surface area contributed by atoms with Crippen LogP contribution in [0, 0.1) is 0 Å². The fraction of sp³-hybridized carbons (Fsp3) is 0.588. The molecule has 1 spiro atoms. The highest BCUT2D eigenvalue weighted by Crippen LogP contribution is 2.33. The maximum Gasteiger partial charge on any atom is 0.251 e. The Balaban J connectivity index is 1.69. The highest BCUT2D eigenvalue weighted by molar-refractivity contribution is 7.89. The van der Waals surface area contributed by atoms with Crippen molar-refractivity contribution < 1.29 is 27.4 Å². The normalized spacial score (nSPS) is 20.3. The summed E-state index contributed by atoms with van der Waals surface area (Å²) >= 11 is 0. The fourth-order valence-corrected chi connectivity index (χ4v) is 4.66. The molecule has 9 heteroatoms. The molecule has 0 saturated carbocycles. The minimum atomic E-state index is -3.67. The number of sulfonamides is 1. The molecule has 0 unspecified atom stereocenters. The Labute approximate surface area is 153 Å². The van der Waals surface area contributed by atoms with Crippen molar-refractivity contribution in [3.05, 3.63) is 29.8 Å². The first-order chi connectivity index (χ1) is 12.5. The van der Waals surface area contributed by atoms with Gasteiger partial charge in [-0.3, -0.25) is 4.79 Å². The SMILES string of the molecule is COCCNC(=O)c1cccc(S(=O)(=O)N2CCC3(CC2)OCCO3)c1. The van der Waals surface area contributed by atoms with Gasteiger partial charge in [-0.15, -0.1) is 0 Å². The molecule has 144 valence electrons. The Bertz CT molecular complexity index is 735. The van der Waals surface area contributed by atoms with E-state index in [1.807, 2.05) is 0 Å². The zero-order valence-corrected chi connectivity index (χ0v) is 15.6.